The van der Waals surface area contributed by atoms with E-state index in [2.05, 4.69) is 279 Å². The van der Waals surface area contributed by atoms with Gasteiger partial charge in [-0.15, -0.1) is 0 Å². The normalized spacial score (nSPS) is 11.1. The molecule has 338 valence electrons. The fourth-order valence-corrected chi connectivity index (χ4v) is 9.75. The highest BCUT2D eigenvalue weighted by molar-refractivity contribution is 6.05. The van der Waals surface area contributed by atoms with E-state index in [4.69, 9.17) is 15.0 Å². The Labute approximate surface area is 421 Å². The largest absolute Gasteiger partial charge is 0.246 e. The van der Waals surface area contributed by atoms with Crippen molar-refractivity contribution in [3.63, 3.8) is 0 Å². The Bertz CT molecular complexity index is 3610. The molecule has 3 nitrogen and oxygen atoms in total. The zero-order chi connectivity index (χ0) is 48.1. The molecular formula is C69H47N3. The van der Waals surface area contributed by atoms with E-state index in [1.54, 1.807) is 0 Å². The van der Waals surface area contributed by atoms with Crippen molar-refractivity contribution in [2.24, 2.45) is 0 Å². The lowest BCUT2D eigenvalue weighted by atomic mass is 9.83. The van der Waals surface area contributed by atoms with Crippen molar-refractivity contribution < 1.29 is 0 Å². The third kappa shape index (κ3) is 8.95. The van der Waals surface area contributed by atoms with E-state index in [9.17, 15) is 0 Å². The molecule has 12 rings (SSSR count). The van der Waals surface area contributed by atoms with Crippen molar-refractivity contribution in [1.29, 1.82) is 0 Å². The van der Waals surface area contributed by atoms with Gasteiger partial charge in [-0.25, -0.2) is 15.0 Å². The van der Waals surface area contributed by atoms with Gasteiger partial charge in [0.25, 0.3) is 0 Å². The van der Waals surface area contributed by atoms with Gasteiger partial charge in [0.15, 0.2) is 5.82 Å². The van der Waals surface area contributed by atoms with Crippen LogP contribution in [0, 0.1) is 0 Å². The number of hydrogen-bond donors (Lipinski definition) is 0. The van der Waals surface area contributed by atoms with Gasteiger partial charge in [-0.05, 0) is 74.3 Å². The van der Waals surface area contributed by atoms with Crippen LogP contribution in [0.15, 0.2) is 285 Å². The van der Waals surface area contributed by atoms with Gasteiger partial charge >= 0.3 is 0 Å². The Kier molecular flexibility index (Phi) is 12.0. The summed E-state index contributed by atoms with van der Waals surface area (Å²) in [5.74, 6) is 0.669. The molecule has 0 unspecified atom stereocenters. The highest BCUT2D eigenvalue weighted by Crippen LogP contribution is 2.49. The van der Waals surface area contributed by atoms with Crippen LogP contribution in [0.1, 0.15) is 0 Å². The minimum atomic E-state index is 0.669. The van der Waals surface area contributed by atoms with E-state index in [1.165, 1.54) is 0 Å². The number of nitrogens with zero attached hydrogens (tertiary/aromatic N) is 3. The van der Waals surface area contributed by atoms with E-state index in [0.717, 1.165) is 117 Å². The topological polar surface area (TPSA) is 38.7 Å². The standard InChI is InChI=1S/C69H47N3/c1-8-22-48(23-9-1)59-44-60(49-24-10-2-11-25-49)46-61(45-59)63-47-62(52-26-12-3-13-27-52)70-69(71-63)58-42-38-51(39-43-58)50-36-40-55(41-37-50)64-65(53-28-14-4-15-29-53)67(56-32-18-6-19-33-56)72-68(57-34-20-7-21-35-57)66(64)54-30-16-5-17-31-54/h1-47H. The smallest absolute Gasteiger partial charge is 0.160 e. The van der Waals surface area contributed by atoms with Crippen LogP contribution in [-0.4, -0.2) is 15.0 Å². The Hall–Kier alpha value is -9.57. The Morgan fingerprint density at radius 2 is 0.444 bits per heavy atom. The van der Waals surface area contributed by atoms with Crippen LogP contribution < -0.4 is 0 Å². The van der Waals surface area contributed by atoms with Gasteiger partial charge in [-0.3, -0.25) is 0 Å². The van der Waals surface area contributed by atoms with Crippen LogP contribution in [0.3, 0.4) is 0 Å². The monoisotopic (exact) mass is 917 g/mol. The van der Waals surface area contributed by atoms with Crippen LogP contribution in [0.25, 0.3) is 123 Å². The number of hydrogen-bond acceptors (Lipinski definition) is 3. The van der Waals surface area contributed by atoms with E-state index >= 15 is 0 Å². The summed E-state index contributed by atoms with van der Waals surface area (Å²) < 4.78 is 0. The number of benzene rings is 10. The van der Waals surface area contributed by atoms with Crippen LogP contribution in [-0.2, 0) is 0 Å². The van der Waals surface area contributed by atoms with Gasteiger partial charge in [-0.2, -0.15) is 0 Å². The molecule has 0 bridgehead atoms. The molecule has 0 amide bonds. The summed E-state index contributed by atoms with van der Waals surface area (Å²) in [6, 6.07) is 101. The van der Waals surface area contributed by atoms with E-state index in [0.29, 0.717) is 5.82 Å². The first kappa shape index (κ1) is 43.7. The van der Waals surface area contributed by atoms with Crippen LogP contribution in [0.4, 0.5) is 0 Å². The Balaban J connectivity index is 0.971. The SMILES string of the molecule is c1ccc(-c2cc(-c3ccccc3)cc(-c3cc(-c4ccccc4)nc(-c4ccc(-c5ccc(-c6c(-c7ccccc7)c(-c7ccccc7)nc(-c7ccccc7)c6-c6ccccc6)cc5)cc4)n3)c2)cc1. The van der Waals surface area contributed by atoms with E-state index in [-0.39, 0.29) is 0 Å². The minimum absolute atomic E-state index is 0.669. The maximum absolute atomic E-state index is 5.62. The van der Waals surface area contributed by atoms with Gasteiger partial charge in [-0.1, -0.05) is 261 Å². The lowest BCUT2D eigenvalue weighted by Gasteiger charge is -2.23. The summed E-state index contributed by atoms with van der Waals surface area (Å²) in [4.78, 5) is 16.2. The molecule has 0 aliphatic heterocycles. The maximum Gasteiger partial charge on any atom is 0.160 e. The Morgan fingerprint density at radius 1 is 0.167 bits per heavy atom. The lowest BCUT2D eigenvalue weighted by Crippen LogP contribution is -2.01. The summed E-state index contributed by atoms with van der Waals surface area (Å²) in [5, 5.41) is 0. The van der Waals surface area contributed by atoms with Gasteiger partial charge in [0, 0.05) is 44.5 Å². The quantitative estimate of drug-likeness (QED) is 0.130. The van der Waals surface area contributed by atoms with E-state index < -0.39 is 0 Å². The predicted octanol–water partition coefficient (Wildman–Crippen LogP) is 18.2. The van der Waals surface area contributed by atoms with Crippen molar-refractivity contribution in [2.45, 2.75) is 0 Å². The first-order valence-corrected chi connectivity index (χ1v) is 24.4. The van der Waals surface area contributed by atoms with Gasteiger partial charge < -0.3 is 0 Å². The minimum Gasteiger partial charge on any atom is -0.246 e. The molecule has 2 aromatic heterocycles. The second-order valence-electron chi connectivity index (χ2n) is 17.9. The average molecular weight is 918 g/mol. The average Bonchev–Trinajstić information content (AvgIpc) is 3.48. The molecule has 2 heterocycles. The van der Waals surface area contributed by atoms with Gasteiger partial charge in [0.2, 0.25) is 0 Å². The van der Waals surface area contributed by atoms with Crippen molar-refractivity contribution in [2.75, 3.05) is 0 Å². The maximum atomic E-state index is 5.62. The lowest BCUT2D eigenvalue weighted by molar-refractivity contribution is 1.18. The number of pyridine rings is 1. The second kappa shape index (κ2) is 19.8. The summed E-state index contributed by atoms with van der Waals surface area (Å²) >= 11 is 0. The third-order valence-electron chi connectivity index (χ3n) is 13.3. The molecule has 3 heteroatoms. The molecular weight excluding hydrogens is 871 g/mol. The molecule has 12 aromatic rings. The van der Waals surface area contributed by atoms with Gasteiger partial charge in [0.1, 0.15) is 0 Å². The summed E-state index contributed by atoms with van der Waals surface area (Å²) in [6.07, 6.45) is 0. The highest BCUT2D eigenvalue weighted by atomic mass is 14.9. The van der Waals surface area contributed by atoms with Crippen molar-refractivity contribution in [3.8, 4) is 123 Å². The molecule has 10 aromatic carbocycles. The molecule has 0 fully saturated rings. The fraction of sp³-hybridized carbons (Fsp3) is 0. The molecule has 0 spiro atoms. The molecule has 0 saturated carbocycles. The molecule has 0 saturated heterocycles. The van der Waals surface area contributed by atoms with Crippen molar-refractivity contribution in [3.05, 3.63) is 285 Å². The molecule has 0 aliphatic rings. The zero-order valence-corrected chi connectivity index (χ0v) is 39.5. The molecule has 0 radical (unpaired) electrons. The van der Waals surface area contributed by atoms with Gasteiger partial charge in [0.05, 0.1) is 22.8 Å². The number of aromatic nitrogens is 3. The van der Waals surface area contributed by atoms with Crippen LogP contribution in [0.2, 0.25) is 0 Å². The Morgan fingerprint density at radius 3 is 0.847 bits per heavy atom. The fourth-order valence-electron chi connectivity index (χ4n) is 9.75. The zero-order valence-electron chi connectivity index (χ0n) is 39.5. The highest BCUT2D eigenvalue weighted by Gasteiger charge is 2.25. The summed E-state index contributed by atoms with van der Waals surface area (Å²) in [5.41, 5.74) is 22.2. The summed E-state index contributed by atoms with van der Waals surface area (Å²) in [7, 11) is 0. The third-order valence-corrected chi connectivity index (χ3v) is 13.3. The first-order valence-electron chi connectivity index (χ1n) is 24.4. The summed E-state index contributed by atoms with van der Waals surface area (Å²) in [6.45, 7) is 0. The number of rotatable bonds is 11. The molecule has 0 aliphatic carbocycles. The van der Waals surface area contributed by atoms with Crippen LogP contribution in [0.5, 0.6) is 0 Å². The molecule has 72 heavy (non-hydrogen) atoms. The van der Waals surface area contributed by atoms with E-state index in [1.807, 2.05) is 6.07 Å². The molecule has 0 N–H and O–H groups in total. The first-order chi connectivity index (χ1) is 35.7. The van der Waals surface area contributed by atoms with Crippen LogP contribution >= 0.6 is 0 Å². The van der Waals surface area contributed by atoms with Crippen molar-refractivity contribution >= 4 is 0 Å². The van der Waals surface area contributed by atoms with Crippen molar-refractivity contribution in [1.82, 2.24) is 15.0 Å². The predicted molar refractivity (Wildman–Crippen MR) is 300 cm³/mol. The molecule has 0 atom stereocenters. The second-order valence-corrected chi connectivity index (χ2v) is 17.9.